The number of carbonyl (C=O) groups excluding carboxylic acids is 2. The van der Waals surface area contributed by atoms with Crippen LogP contribution in [-0.2, 0) is 24.7 Å². The normalized spacial score (nSPS) is 12.7. The Morgan fingerprint density at radius 1 is 1.03 bits per heavy atom. The van der Waals surface area contributed by atoms with Crippen LogP contribution in [-0.4, -0.2) is 18.5 Å². The number of benzene rings is 3. The largest absolute Gasteiger partial charge is 0.453 e. The molecule has 0 radical (unpaired) electrons. The third-order valence-electron chi connectivity index (χ3n) is 5.20. The second-order valence-electron chi connectivity index (χ2n) is 7.78. The monoisotopic (exact) mass is 456 g/mol. The Hall–Kier alpha value is -2.40. The minimum Gasteiger partial charge on any atom is -0.453 e. The molecule has 0 aliphatic carbocycles. The molecule has 3 rings (SSSR count). The molecule has 4 nitrogen and oxygen atoms in total. The predicted molar refractivity (Wildman–Crippen MR) is 119 cm³/mol. The van der Waals surface area contributed by atoms with E-state index in [1.807, 2.05) is 51.1 Å². The van der Waals surface area contributed by atoms with Gasteiger partial charge in [0, 0.05) is 4.47 Å². The Balaban J connectivity index is 1.80. The highest BCUT2D eigenvalue weighted by Gasteiger charge is 2.26. The Morgan fingerprint density at radius 2 is 1.79 bits per heavy atom. The zero-order valence-electron chi connectivity index (χ0n) is 17.1. The third-order valence-corrected chi connectivity index (χ3v) is 5.89. The summed E-state index contributed by atoms with van der Waals surface area (Å²) < 4.78 is 11.7. The standard InChI is InChI=1S/C24H25BrO4/c1-5-15(2)23(27)28-14-22(26)29-24(3,4)19-10-9-16-11-17-7-6-8-21(25)20(17)13-18(16)12-19/h6-13,15H,5,14H2,1-4H3. The number of carbonyl (C=O) groups is 2. The van der Waals surface area contributed by atoms with Gasteiger partial charge in [0.25, 0.3) is 0 Å². The first-order chi connectivity index (χ1) is 13.7. The van der Waals surface area contributed by atoms with Crippen LogP contribution >= 0.6 is 15.9 Å². The lowest BCUT2D eigenvalue weighted by atomic mass is 9.94. The Labute approximate surface area is 179 Å². The number of halogens is 1. The van der Waals surface area contributed by atoms with Crippen LogP contribution in [0.25, 0.3) is 21.5 Å². The van der Waals surface area contributed by atoms with Crippen LogP contribution in [0.4, 0.5) is 0 Å². The summed E-state index contributed by atoms with van der Waals surface area (Å²) in [6.07, 6.45) is 0.668. The Kier molecular flexibility index (Phi) is 6.27. The van der Waals surface area contributed by atoms with Gasteiger partial charge in [-0.3, -0.25) is 4.79 Å². The van der Waals surface area contributed by atoms with Gasteiger partial charge in [0.2, 0.25) is 0 Å². The summed E-state index contributed by atoms with van der Waals surface area (Å²) in [5, 5.41) is 4.47. The van der Waals surface area contributed by atoms with Gasteiger partial charge in [-0.05, 0) is 71.6 Å². The fourth-order valence-electron chi connectivity index (χ4n) is 3.17. The molecule has 5 heteroatoms. The first kappa shape index (κ1) is 21.3. The number of ether oxygens (including phenoxy) is 2. The smallest absolute Gasteiger partial charge is 0.345 e. The lowest BCUT2D eigenvalue weighted by molar-refractivity contribution is -0.169. The van der Waals surface area contributed by atoms with Gasteiger partial charge in [-0.2, -0.15) is 0 Å². The average molecular weight is 457 g/mol. The summed E-state index contributed by atoms with van der Waals surface area (Å²) in [5.74, 6) is -1.18. The molecule has 0 heterocycles. The van der Waals surface area contributed by atoms with E-state index in [2.05, 4.69) is 34.1 Å². The van der Waals surface area contributed by atoms with E-state index in [-0.39, 0.29) is 18.5 Å². The summed E-state index contributed by atoms with van der Waals surface area (Å²) in [6.45, 7) is 6.96. The second-order valence-corrected chi connectivity index (χ2v) is 8.63. The molecule has 0 aromatic heterocycles. The van der Waals surface area contributed by atoms with Crippen LogP contribution in [0.1, 0.15) is 39.7 Å². The SMILES string of the molecule is CCC(C)C(=O)OCC(=O)OC(C)(C)c1ccc2cc3cccc(Br)c3cc2c1. The third kappa shape index (κ3) is 4.78. The van der Waals surface area contributed by atoms with Crippen molar-refractivity contribution in [3.63, 3.8) is 0 Å². The molecule has 0 bridgehead atoms. The molecule has 1 unspecified atom stereocenters. The van der Waals surface area contributed by atoms with Gasteiger partial charge in [0.1, 0.15) is 5.60 Å². The quantitative estimate of drug-likeness (QED) is 0.331. The summed E-state index contributed by atoms with van der Waals surface area (Å²) in [7, 11) is 0. The van der Waals surface area contributed by atoms with Crippen molar-refractivity contribution in [1.29, 1.82) is 0 Å². The first-order valence-electron chi connectivity index (χ1n) is 9.72. The highest BCUT2D eigenvalue weighted by atomic mass is 79.9. The molecule has 0 aliphatic rings. The highest BCUT2D eigenvalue weighted by Crippen LogP contribution is 2.32. The van der Waals surface area contributed by atoms with Crippen molar-refractivity contribution in [2.45, 2.75) is 39.7 Å². The van der Waals surface area contributed by atoms with Gasteiger partial charge in [-0.15, -0.1) is 0 Å². The molecule has 0 amide bonds. The maximum absolute atomic E-state index is 12.2. The molecule has 3 aromatic rings. The molecule has 0 fully saturated rings. The fraction of sp³-hybridized carbons (Fsp3) is 0.333. The topological polar surface area (TPSA) is 52.6 Å². The first-order valence-corrected chi connectivity index (χ1v) is 10.5. The molecular formula is C24H25BrO4. The Morgan fingerprint density at radius 3 is 2.52 bits per heavy atom. The van der Waals surface area contributed by atoms with Crippen molar-refractivity contribution in [3.8, 4) is 0 Å². The van der Waals surface area contributed by atoms with Gasteiger partial charge < -0.3 is 9.47 Å². The minimum absolute atomic E-state index is 0.231. The maximum Gasteiger partial charge on any atom is 0.345 e. The average Bonchev–Trinajstić information content (AvgIpc) is 2.69. The number of rotatable bonds is 6. The van der Waals surface area contributed by atoms with Crippen molar-refractivity contribution in [2.75, 3.05) is 6.61 Å². The van der Waals surface area contributed by atoms with Crippen molar-refractivity contribution in [2.24, 2.45) is 5.92 Å². The zero-order valence-corrected chi connectivity index (χ0v) is 18.7. The summed E-state index contributed by atoms with van der Waals surface area (Å²) in [5.41, 5.74) is 0.0229. The van der Waals surface area contributed by atoms with Crippen molar-refractivity contribution in [1.82, 2.24) is 0 Å². The van der Waals surface area contributed by atoms with Gasteiger partial charge >= 0.3 is 11.9 Å². The van der Waals surface area contributed by atoms with E-state index in [1.54, 1.807) is 6.92 Å². The van der Waals surface area contributed by atoms with Crippen LogP contribution in [0.15, 0.2) is 53.0 Å². The van der Waals surface area contributed by atoms with Crippen molar-refractivity contribution < 1.29 is 19.1 Å². The van der Waals surface area contributed by atoms with Gasteiger partial charge in [-0.1, -0.05) is 54.0 Å². The lowest BCUT2D eigenvalue weighted by Crippen LogP contribution is -2.29. The molecule has 0 saturated heterocycles. The molecule has 0 N–H and O–H groups in total. The summed E-state index contributed by atoms with van der Waals surface area (Å²) in [6, 6.07) is 16.4. The molecule has 0 saturated carbocycles. The second kappa shape index (κ2) is 8.54. The number of hydrogen-bond acceptors (Lipinski definition) is 4. The van der Waals surface area contributed by atoms with Crippen LogP contribution < -0.4 is 0 Å². The molecular weight excluding hydrogens is 432 g/mol. The van der Waals surface area contributed by atoms with E-state index in [0.29, 0.717) is 6.42 Å². The van der Waals surface area contributed by atoms with Crippen LogP contribution in [0.2, 0.25) is 0 Å². The minimum atomic E-state index is -0.850. The fourth-order valence-corrected chi connectivity index (χ4v) is 3.67. The maximum atomic E-state index is 12.2. The van der Waals surface area contributed by atoms with Gasteiger partial charge in [-0.25, -0.2) is 4.79 Å². The van der Waals surface area contributed by atoms with E-state index in [1.165, 1.54) is 0 Å². The molecule has 152 valence electrons. The van der Waals surface area contributed by atoms with E-state index >= 15 is 0 Å². The van der Waals surface area contributed by atoms with Crippen molar-refractivity contribution >= 4 is 49.4 Å². The molecule has 29 heavy (non-hydrogen) atoms. The van der Waals surface area contributed by atoms with Gasteiger partial charge in [0.05, 0.1) is 5.92 Å². The van der Waals surface area contributed by atoms with Crippen LogP contribution in [0.3, 0.4) is 0 Å². The molecule has 1 atom stereocenters. The van der Waals surface area contributed by atoms with E-state index in [9.17, 15) is 9.59 Å². The van der Waals surface area contributed by atoms with Crippen molar-refractivity contribution in [3.05, 3.63) is 58.6 Å². The van der Waals surface area contributed by atoms with E-state index < -0.39 is 11.6 Å². The number of hydrogen-bond donors (Lipinski definition) is 0. The number of fused-ring (bicyclic) bond motifs is 2. The summed E-state index contributed by atoms with van der Waals surface area (Å²) >= 11 is 3.61. The zero-order chi connectivity index (χ0) is 21.2. The van der Waals surface area contributed by atoms with Gasteiger partial charge in [0.15, 0.2) is 6.61 Å². The van der Waals surface area contributed by atoms with Crippen LogP contribution in [0, 0.1) is 5.92 Å². The predicted octanol–water partition coefficient (Wildman–Crippen LogP) is 6.12. The van der Waals surface area contributed by atoms with Crippen LogP contribution in [0.5, 0.6) is 0 Å². The van der Waals surface area contributed by atoms with E-state index in [4.69, 9.17) is 9.47 Å². The Bertz CT molecular complexity index is 1070. The lowest BCUT2D eigenvalue weighted by Gasteiger charge is -2.26. The molecule has 0 spiro atoms. The molecule has 3 aromatic carbocycles. The highest BCUT2D eigenvalue weighted by molar-refractivity contribution is 9.10. The molecule has 0 aliphatic heterocycles. The van der Waals surface area contributed by atoms with E-state index in [0.717, 1.165) is 31.6 Å². The summed E-state index contributed by atoms with van der Waals surface area (Å²) in [4.78, 5) is 24.0. The number of esters is 2.